The highest BCUT2D eigenvalue weighted by atomic mass is 16.6. The number of carbonyl (C=O) groups is 2. The first-order valence-corrected chi connectivity index (χ1v) is 27.1. The Hall–Kier alpha value is -2.92. The molecule has 0 aliphatic heterocycles. The molecule has 368 valence electrons. The van der Waals surface area contributed by atoms with Crippen molar-refractivity contribution in [3.63, 3.8) is 0 Å². The first-order valence-electron chi connectivity index (χ1n) is 27.1. The van der Waals surface area contributed by atoms with Crippen molar-refractivity contribution < 1.29 is 23.8 Å². The van der Waals surface area contributed by atoms with Crippen LogP contribution in [-0.4, -0.2) is 37.9 Å². The maximum Gasteiger partial charge on any atom is 0.306 e. The number of ether oxygens (including phenoxy) is 3. The van der Waals surface area contributed by atoms with Crippen LogP contribution in [0.5, 0.6) is 0 Å². The van der Waals surface area contributed by atoms with Gasteiger partial charge in [0.1, 0.15) is 6.61 Å². The van der Waals surface area contributed by atoms with E-state index in [4.69, 9.17) is 14.2 Å². The number of allylic oxidation sites excluding steroid dienone is 14. The molecule has 64 heavy (non-hydrogen) atoms. The van der Waals surface area contributed by atoms with Crippen molar-refractivity contribution in [1.82, 2.24) is 0 Å². The summed E-state index contributed by atoms with van der Waals surface area (Å²) in [7, 11) is 0. The van der Waals surface area contributed by atoms with Crippen LogP contribution in [0.1, 0.15) is 252 Å². The van der Waals surface area contributed by atoms with E-state index in [0.29, 0.717) is 19.4 Å². The molecule has 0 rings (SSSR count). The highest BCUT2D eigenvalue weighted by Gasteiger charge is 2.17. The van der Waals surface area contributed by atoms with Crippen molar-refractivity contribution in [2.45, 2.75) is 258 Å². The molecular weight excluding hydrogens is 789 g/mol. The van der Waals surface area contributed by atoms with Gasteiger partial charge in [-0.3, -0.25) is 9.59 Å². The SMILES string of the molecule is CC/C=C\C/C=C\C/C=C\C/C=C\CCCCC(=O)OC(COCCCCCCCC/C=C\CCCCCCCC)COC(=O)CCCCCCCCC/C=C\C/C=C\CCCCC. The summed E-state index contributed by atoms with van der Waals surface area (Å²) in [5.74, 6) is -0.455. The molecule has 0 saturated heterocycles. The van der Waals surface area contributed by atoms with Crippen LogP contribution in [0.3, 0.4) is 0 Å². The predicted molar refractivity (Wildman–Crippen MR) is 279 cm³/mol. The van der Waals surface area contributed by atoms with Gasteiger partial charge in [0.25, 0.3) is 0 Å². The van der Waals surface area contributed by atoms with Crippen LogP contribution in [0.25, 0.3) is 0 Å². The first kappa shape index (κ1) is 61.1. The van der Waals surface area contributed by atoms with Crippen molar-refractivity contribution in [3.05, 3.63) is 85.1 Å². The Morgan fingerprint density at radius 2 is 0.703 bits per heavy atom. The summed E-state index contributed by atoms with van der Waals surface area (Å²) in [6.07, 6.45) is 71.7. The van der Waals surface area contributed by atoms with Crippen LogP contribution in [0.15, 0.2) is 85.1 Å². The molecule has 0 heterocycles. The summed E-state index contributed by atoms with van der Waals surface area (Å²) in [4.78, 5) is 25.4. The number of esters is 2. The van der Waals surface area contributed by atoms with E-state index in [9.17, 15) is 9.59 Å². The fourth-order valence-corrected chi connectivity index (χ4v) is 7.35. The quantitative estimate of drug-likeness (QED) is 0.0346. The molecule has 0 aliphatic rings. The van der Waals surface area contributed by atoms with E-state index >= 15 is 0 Å². The van der Waals surface area contributed by atoms with E-state index < -0.39 is 6.10 Å². The number of hydrogen-bond acceptors (Lipinski definition) is 5. The van der Waals surface area contributed by atoms with Crippen LogP contribution in [-0.2, 0) is 23.8 Å². The predicted octanol–water partition coefficient (Wildman–Crippen LogP) is 18.5. The number of hydrogen-bond donors (Lipinski definition) is 0. The third kappa shape index (κ3) is 51.7. The summed E-state index contributed by atoms with van der Waals surface area (Å²) in [5.41, 5.74) is 0. The van der Waals surface area contributed by atoms with Gasteiger partial charge in [-0.15, -0.1) is 0 Å². The monoisotopic (exact) mass is 891 g/mol. The lowest BCUT2D eigenvalue weighted by atomic mass is 10.1. The zero-order chi connectivity index (χ0) is 46.3. The molecule has 1 unspecified atom stereocenters. The molecule has 0 bridgehead atoms. The average molecular weight is 891 g/mol. The van der Waals surface area contributed by atoms with Gasteiger partial charge in [-0.25, -0.2) is 0 Å². The fraction of sp³-hybridized carbons (Fsp3) is 0.729. The molecule has 0 aromatic heterocycles. The van der Waals surface area contributed by atoms with E-state index in [1.807, 2.05) is 0 Å². The summed E-state index contributed by atoms with van der Waals surface area (Å²) < 4.78 is 17.4. The number of carbonyl (C=O) groups excluding carboxylic acids is 2. The molecule has 1 atom stereocenters. The van der Waals surface area contributed by atoms with Gasteiger partial charge in [-0.2, -0.15) is 0 Å². The molecule has 0 saturated carbocycles. The van der Waals surface area contributed by atoms with Gasteiger partial charge in [0, 0.05) is 19.4 Å². The number of unbranched alkanes of at least 4 members (excludes halogenated alkanes) is 24. The molecule has 0 spiro atoms. The van der Waals surface area contributed by atoms with Crippen molar-refractivity contribution in [1.29, 1.82) is 0 Å². The largest absolute Gasteiger partial charge is 0.462 e. The standard InChI is InChI=1S/C59H102O5/c1-4-7-10-13-16-19-22-25-28-30-32-34-37-40-43-46-49-52-58(60)63-56-57(55-62-54-51-48-45-42-39-36-33-29-26-23-20-17-14-11-8-5-2)64-59(61)53-50-47-44-41-38-35-31-27-24-21-18-15-12-9-6-3/h9,12,16,18-19,21,25-29,31,38,41,57H,4-8,10-11,13-15,17,20,22-24,30,32-37,39-40,42-56H2,1-3H3/b12-9-,19-16-,21-18-,28-25-,29-26-,31-27-,41-38-. The molecule has 0 amide bonds. The normalized spacial score (nSPS) is 12.9. The summed E-state index contributed by atoms with van der Waals surface area (Å²) in [5, 5.41) is 0. The Kier molecular flexibility index (Phi) is 51.9. The lowest BCUT2D eigenvalue weighted by molar-refractivity contribution is -0.163. The molecule has 0 N–H and O–H groups in total. The van der Waals surface area contributed by atoms with Crippen LogP contribution in [0.4, 0.5) is 0 Å². The van der Waals surface area contributed by atoms with Gasteiger partial charge >= 0.3 is 11.9 Å². The Labute approximate surface area is 397 Å². The molecule has 0 fully saturated rings. The van der Waals surface area contributed by atoms with E-state index in [1.54, 1.807) is 0 Å². The molecule has 0 aromatic carbocycles. The van der Waals surface area contributed by atoms with Crippen molar-refractivity contribution in [3.8, 4) is 0 Å². The highest BCUT2D eigenvalue weighted by molar-refractivity contribution is 5.70. The first-order chi connectivity index (χ1) is 31.6. The minimum Gasteiger partial charge on any atom is -0.462 e. The van der Waals surface area contributed by atoms with Crippen LogP contribution in [0, 0.1) is 0 Å². The molecular formula is C59H102O5. The second-order valence-corrected chi connectivity index (χ2v) is 17.7. The fourth-order valence-electron chi connectivity index (χ4n) is 7.35. The average Bonchev–Trinajstić information content (AvgIpc) is 3.30. The Morgan fingerprint density at radius 1 is 0.359 bits per heavy atom. The molecule has 5 heteroatoms. The highest BCUT2D eigenvalue weighted by Crippen LogP contribution is 2.13. The molecule has 5 nitrogen and oxygen atoms in total. The molecule has 0 aromatic rings. The van der Waals surface area contributed by atoms with Crippen molar-refractivity contribution >= 4 is 11.9 Å². The van der Waals surface area contributed by atoms with Gasteiger partial charge in [0.05, 0.1) is 6.61 Å². The summed E-state index contributed by atoms with van der Waals surface area (Å²) in [6.45, 7) is 7.63. The van der Waals surface area contributed by atoms with Gasteiger partial charge in [0.15, 0.2) is 6.10 Å². The van der Waals surface area contributed by atoms with Crippen LogP contribution < -0.4 is 0 Å². The van der Waals surface area contributed by atoms with Crippen LogP contribution >= 0.6 is 0 Å². The minimum absolute atomic E-state index is 0.0591. The van der Waals surface area contributed by atoms with E-state index in [2.05, 4.69) is 106 Å². The third-order valence-corrected chi connectivity index (χ3v) is 11.4. The lowest BCUT2D eigenvalue weighted by Crippen LogP contribution is -2.30. The summed E-state index contributed by atoms with van der Waals surface area (Å²) in [6, 6.07) is 0. The molecule has 0 aliphatic carbocycles. The third-order valence-electron chi connectivity index (χ3n) is 11.4. The van der Waals surface area contributed by atoms with E-state index in [1.165, 1.54) is 135 Å². The topological polar surface area (TPSA) is 61.8 Å². The van der Waals surface area contributed by atoms with E-state index in [-0.39, 0.29) is 25.2 Å². The second kappa shape index (κ2) is 54.4. The van der Waals surface area contributed by atoms with Crippen molar-refractivity contribution in [2.75, 3.05) is 19.8 Å². The maximum atomic E-state index is 12.8. The smallest absolute Gasteiger partial charge is 0.306 e. The lowest BCUT2D eigenvalue weighted by Gasteiger charge is -2.18. The zero-order valence-corrected chi connectivity index (χ0v) is 42.3. The van der Waals surface area contributed by atoms with Gasteiger partial charge < -0.3 is 14.2 Å². The van der Waals surface area contributed by atoms with Gasteiger partial charge in [-0.05, 0) is 116 Å². The maximum absolute atomic E-state index is 12.8. The zero-order valence-electron chi connectivity index (χ0n) is 42.3. The van der Waals surface area contributed by atoms with E-state index in [0.717, 1.165) is 83.5 Å². The van der Waals surface area contributed by atoms with Gasteiger partial charge in [-0.1, -0.05) is 209 Å². The Bertz CT molecular complexity index is 1190. The summed E-state index contributed by atoms with van der Waals surface area (Å²) >= 11 is 0. The Balaban J connectivity index is 4.36. The van der Waals surface area contributed by atoms with Gasteiger partial charge in [0.2, 0.25) is 0 Å². The Morgan fingerprint density at radius 3 is 1.20 bits per heavy atom. The van der Waals surface area contributed by atoms with Crippen LogP contribution in [0.2, 0.25) is 0 Å². The number of rotatable bonds is 49. The molecule has 0 radical (unpaired) electrons. The second-order valence-electron chi connectivity index (χ2n) is 17.7. The van der Waals surface area contributed by atoms with Crippen molar-refractivity contribution in [2.24, 2.45) is 0 Å². The minimum atomic E-state index is -0.568.